The summed E-state index contributed by atoms with van der Waals surface area (Å²) in [5, 5.41) is 0. The van der Waals surface area contributed by atoms with E-state index in [9.17, 15) is 0 Å². The number of hydrogen-bond donors (Lipinski definition) is 1. The summed E-state index contributed by atoms with van der Waals surface area (Å²) in [7, 11) is 1.74. The first kappa shape index (κ1) is 15.9. The van der Waals surface area contributed by atoms with E-state index < -0.39 is 0 Å². The largest absolute Gasteiger partial charge is 0.380 e. The van der Waals surface area contributed by atoms with Crippen molar-refractivity contribution in [3.63, 3.8) is 0 Å². The molecule has 0 atom stereocenters. The molecule has 0 aliphatic carbocycles. The second kappa shape index (κ2) is 7.46. The highest BCUT2D eigenvalue weighted by molar-refractivity contribution is 5.53. The van der Waals surface area contributed by atoms with Crippen LogP contribution in [-0.2, 0) is 10.2 Å². The smallest absolute Gasteiger partial charge is 0.0676 e. The fourth-order valence-electron chi connectivity index (χ4n) is 2.02. The molecule has 0 aliphatic rings. The van der Waals surface area contributed by atoms with Crippen LogP contribution in [-0.4, -0.2) is 20.3 Å². The topological polar surface area (TPSA) is 35.2 Å². The molecule has 0 amide bonds. The predicted octanol–water partition coefficient (Wildman–Crippen LogP) is 3.75. The highest BCUT2D eigenvalue weighted by Gasteiger charge is 2.12. The number of nitrogens with two attached hydrogens (primary N) is 1. The van der Waals surface area contributed by atoms with Crippen LogP contribution >= 0.6 is 0 Å². The molecule has 1 rings (SSSR count). The maximum atomic E-state index is 5.57. The minimum atomic E-state index is 0.206. The van der Waals surface area contributed by atoms with Gasteiger partial charge >= 0.3 is 0 Å². The van der Waals surface area contributed by atoms with Crippen LogP contribution in [0.4, 0.5) is 0 Å². The Morgan fingerprint density at radius 3 is 2.32 bits per heavy atom. The van der Waals surface area contributed by atoms with Crippen molar-refractivity contribution < 1.29 is 4.74 Å². The number of hydrogen-bond acceptors (Lipinski definition) is 2. The van der Waals surface area contributed by atoms with Gasteiger partial charge in [-0.25, -0.2) is 0 Å². The van der Waals surface area contributed by atoms with Gasteiger partial charge in [-0.15, -0.1) is 0 Å². The Balaban J connectivity index is 2.83. The Hall–Kier alpha value is -1.12. The van der Waals surface area contributed by atoms with Gasteiger partial charge in [0.1, 0.15) is 0 Å². The van der Waals surface area contributed by atoms with E-state index in [4.69, 9.17) is 10.5 Å². The summed E-state index contributed by atoms with van der Waals surface area (Å²) < 4.78 is 5.24. The van der Waals surface area contributed by atoms with E-state index in [2.05, 4.69) is 51.1 Å². The first-order valence-corrected chi connectivity index (χ1v) is 6.96. The van der Waals surface area contributed by atoms with Crippen LogP contribution in [0, 0.1) is 0 Å². The highest BCUT2D eigenvalue weighted by Crippen LogP contribution is 2.23. The van der Waals surface area contributed by atoms with Crippen molar-refractivity contribution >= 4 is 6.08 Å². The Kier molecular flexibility index (Phi) is 6.26. The maximum absolute atomic E-state index is 5.57. The third-order valence-corrected chi connectivity index (χ3v) is 3.18. The molecule has 0 fully saturated rings. The molecule has 19 heavy (non-hydrogen) atoms. The first-order valence-electron chi connectivity index (χ1n) is 6.96. The lowest BCUT2D eigenvalue weighted by molar-refractivity contribution is 0.223. The second-order valence-corrected chi connectivity index (χ2v) is 6.00. The quantitative estimate of drug-likeness (QED) is 0.846. The van der Waals surface area contributed by atoms with Crippen molar-refractivity contribution in [3.8, 4) is 0 Å². The van der Waals surface area contributed by atoms with Crippen LogP contribution < -0.4 is 5.73 Å². The van der Waals surface area contributed by atoms with Gasteiger partial charge < -0.3 is 10.5 Å². The summed E-state index contributed by atoms with van der Waals surface area (Å²) >= 11 is 0. The van der Waals surface area contributed by atoms with Crippen LogP contribution in [0.15, 0.2) is 29.8 Å². The van der Waals surface area contributed by atoms with Gasteiger partial charge in [-0.05, 0) is 41.5 Å². The van der Waals surface area contributed by atoms with Crippen LogP contribution in [0.1, 0.15) is 44.7 Å². The standard InChI is InChI=1S/C17H27NO/c1-17(2,3)16-9-7-14(8-10-16)12-15(13-19-4)6-5-11-18/h7-10,12H,5-6,11,13,18H2,1-4H3/b15-12+. The Labute approximate surface area is 117 Å². The predicted molar refractivity (Wildman–Crippen MR) is 83.3 cm³/mol. The second-order valence-electron chi connectivity index (χ2n) is 6.00. The van der Waals surface area contributed by atoms with E-state index >= 15 is 0 Å². The van der Waals surface area contributed by atoms with Crippen molar-refractivity contribution in [3.05, 3.63) is 41.0 Å². The molecule has 2 N–H and O–H groups in total. The van der Waals surface area contributed by atoms with Gasteiger partial charge in [0.05, 0.1) is 6.61 Å². The van der Waals surface area contributed by atoms with E-state index in [1.165, 1.54) is 16.7 Å². The Morgan fingerprint density at radius 2 is 1.84 bits per heavy atom. The van der Waals surface area contributed by atoms with E-state index in [0.29, 0.717) is 6.61 Å². The maximum Gasteiger partial charge on any atom is 0.0676 e. The van der Waals surface area contributed by atoms with Gasteiger partial charge in [-0.3, -0.25) is 0 Å². The van der Waals surface area contributed by atoms with Gasteiger partial charge in [0.25, 0.3) is 0 Å². The molecule has 0 saturated carbocycles. The molecule has 1 aromatic rings. The number of methoxy groups -OCH3 is 1. The SMILES string of the molecule is COC/C(=C/c1ccc(C(C)(C)C)cc1)CCCN. The number of rotatable bonds is 6. The van der Waals surface area contributed by atoms with Gasteiger partial charge in [0, 0.05) is 7.11 Å². The summed E-state index contributed by atoms with van der Waals surface area (Å²) in [6.45, 7) is 8.10. The van der Waals surface area contributed by atoms with Crippen LogP contribution in [0.25, 0.3) is 6.08 Å². The lowest BCUT2D eigenvalue weighted by Crippen LogP contribution is -2.10. The summed E-state index contributed by atoms with van der Waals surface area (Å²) in [5.74, 6) is 0. The molecule has 0 bridgehead atoms. The van der Waals surface area contributed by atoms with Crippen LogP contribution in [0.3, 0.4) is 0 Å². The molecule has 1 aromatic carbocycles. The molecule has 0 heterocycles. The summed E-state index contributed by atoms with van der Waals surface area (Å²) in [5.41, 5.74) is 9.67. The number of ether oxygens (including phenoxy) is 1. The normalized spacial score (nSPS) is 12.8. The van der Waals surface area contributed by atoms with E-state index in [-0.39, 0.29) is 5.41 Å². The molecule has 0 unspecified atom stereocenters. The first-order chi connectivity index (χ1) is 8.97. The van der Waals surface area contributed by atoms with Gasteiger partial charge in [-0.1, -0.05) is 51.1 Å². The Morgan fingerprint density at radius 1 is 1.21 bits per heavy atom. The zero-order valence-electron chi connectivity index (χ0n) is 12.7. The van der Waals surface area contributed by atoms with Crippen molar-refractivity contribution in [2.45, 2.75) is 39.0 Å². The minimum Gasteiger partial charge on any atom is -0.380 e. The van der Waals surface area contributed by atoms with Gasteiger partial charge in [0.2, 0.25) is 0 Å². The highest BCUT2D eigenvalue weighted by atomic mass is 16.5. The zero-order valence-corrected chi connectivity index (χ0v) is 12.7. The zero-order chi connectivity index (χ0) is 14.3. The molecule has 0 aromatic heterocycles. The fourth-order valence-corrected chi connectivity index (χ4v) is 2.02. The monoisotopic (exact) mass is 261 g/mol. The van der Waals surface area contributed by atoms with Crippen molar-refractivity contribution in [1.82, 2.24) is 0 Å². The lowest BCUT2D eigenvalue weighted by Gasteiger charge is -2.18. The molecule has 2 nitrogen and oxygen atoms in total. The summed E-state index contributed by atoms with van der Waals surface area (Å²) in [4.78, 5) is 0. The van der Waals surface area contributed by atoms with Gasteiger partial charge in [0.15, 0.2) is 0 Å². The molecule has 0 aliphatic heterocycles. The molecule has 2 heteroatoms. The molecule has 0 radical (unpaired) electrons. The minimum absolute atomic E-state index is 0.206. The summed E-state index contributed by atoms with van der Waals surface area (Å²) in [6.07, 6.45) is 4.23. The number of benzene rings is 1. The molecule has 0 spiro atoms. The van der Waals surface area contributed by atoms with E-state index in [0.717, 1.165) is 19.4 Å². The summed E-state index contributed by atoms with van der Waals surface area (Å²) in [6, 6.07) is 8.77. The van der Waals surface area contributed by atoms with Crippen LogP contribution in [0.5, 0.6) is 0 Å². The lowest BCUT2D eigenvalue weighted by atomic mass is 9.86. The van der Waals surface area contributed by atoms with E-state index in [1.807, 2.05) is 0 Å². The van der Waals surface area contributed by atoms with Crippen molar-refractivity contribution in [1.29, 1.82) is 0 Å². The van der Waals surface area contributed by atoms with Crippen molar-refractivity contribution in [2.75, 3.05) is 20.3 Å². The third kappa shape index (κ3) is 5.58. The Bertz CT molecular complexity index is 398. The average molecular weight is 261 g/mol. The molecular formula is C17H27NO. The fraction of sp³-hybridized carbons (Fsp3) is 0.529. The van der Waals surface area contributed by atoms with E-state index in [1.54, 1.807) is 7.11 Å². The van der Waals surface area contributed by atoms with Crippen LogP contribution in [0.2, 0.25) is 0 Å². The molecule has 0 saturated heterocycles. The average Bonchev–Trinajstić information content (AvgIpc) is 2.36. The third-order valence-electron chi connectivity index (χ3n) is 3.18. The molecular weight excluding hydrogens is 234 g/mol. The van der Waals surface area contributed by atoms with Gasteiger partial charge in [-0.2, -0.15) is 0 Å². The van der Waals surface area contributed by atoms with Crippen molar-refractivity contribution in [2.24, 2.45) is 5.73 Å². The molecule has 106 valence electrons.